The maximum Gasteiger partial charge on any atom is 0.410 e. The Balaban J connectivity index is 1.17. The van der Waals surface area contributed by atoms with E-state index in [0.29, 0.717) is 23.7 Å². The monoisotopic (exact) mass is 533 g/mol. The molecule has 2 aromatic carbocycles. The summed E-state index contributed by atoms with van der Waals surface area (Å²) in [7, 11) is 2.06. The number of likely N-dealkylation sites (tertiary alicyclic amines) is 1. The zero-order chi connectivity index (χ0) is 26.5. The highest BCUT2D eigenvalue weighted by atomic mass is 32.1. The second-order valence-electron chi connectivity index (χ2n) is 9.59. The standard InChI is InChI=1S/C28H31N5O4S/c1-31-14-16-32(17-15-31)26(35)22-11-9-21(10-12-22)23-19-38-27(29-23)30-25(34)24-8-5-13-33(24)28(36)37-18-20-6-3-2-4-7-20/h2-4,6-7,9-12,19,24H,5,8,13-18H2,1H3,(H,29,30,34). The lowest BCUT2D eigenvalue weighted by atomic mass is 10.1. The summed E-state index contributed by atoms with van der Waals surface area (Å²) in [5, 5.41) is 5.20. The fourth-order valence-electron chi connectivity index (χ4n) is 4.69. The molecular weight excluding hydrogens is 502 g/mol. The fraction of sp³-hybridized carbons (Fsp3) is 0.357. The Bertz CT molecular complexity index is 1270. The zero-order valence-corrected chi connectivity index (χ0v) is 22.2. The van der Waals surface area contributed by atoms with E-state index in [1.165, 1.54) is 16.2 Å². The number of piperazine rings is 1. The maximum atomic E-state index is 13.0. The molecule has 0 bridgehead atoms. The first-order valence-corrected chi connectivity index (χ1v) is 13.7. The molecule has 3 amide bonds. The topological polar surface area (TPSA) is 95.1 Å². The van der Waals surface area contributed by atoms with E-state index in [1.807, 2.05) is 64.9 Å². The SMILES string of the molecule is CN1CCN(C(=O)c2ccc(-c3csc(NC(=O)C4CCCN4C(=O)OCc4ccccc4)n3)cc2)CC1. The quantitative estimate of drug-likeness (QED) is 0.516. The van der Waals surface area contributed by atoms with Crippen LogP contribution in [0.5, 0.6) is 0 Å². The number of ether oxygens (including phenoxy) is 1. The van der Waals surface area contributed by atoms with Crippen LogP contribution in [0.4, 0.5) is 9.93 Å². The molecule has 5 rings (SSSR count). The predicted octanol–water partition coefficient (Wildman–Crippen LogP) is 3.94. The number of rotatable bonds is 6. The summed E-state index contributed by atoms with van der Waals surface area (Å²) in [5.41, 5.74) is 3.13. The summed E-state index contributed by atoms with van der Waals surface area (Å²) >= 11 is 1.32. The molecular formula is C28H31N5O4S. The van der Waals surface area contributed by atoms with Crippen LogP contribution in [0.1, 0.15) is 28.8 Å². The van der Waals surface area contributed by atoms with Crippen molar-refractivity contribution in [3.8, 4) is 11.3 Å². The van der Waals surface area contributed by atoms with E-state index in [0.717, 1.165) is 49.4 Å². The first kappa shape index (κ1) is 25.9. The Morgan fingerprint density at radius 1 is 1.00 bits per heavy atom. The summed E-state index contributed by atoms with van der Waals surface area (Å²) < 4.78 is 5.44. The predicted molar refractivity (Wildman–Crippen MR) is 146 cm³/mol. The van der Waals surface area contributed by atoms with Gasteiger partial charge in [-0.1, -0.05) is 42.5 Å². The second kappa shape index (κ2) is 11.7. The highest BCUT2D eigenvalue weighted by Gasteiger charge is 2.35. The summed E-state index contributed by atoms with van der Waals surface area (Å²) in [6, 6.07) is 16.3. The molecule has 198 valence electrons. The van der Waals surface area contributed by atoms with E-state index in [9.17, 15) is 14.4 Å². The second-order valence-corrected chi connectivity index (χ2v) is 10.4. The number of amides is 3. The molecule has 3 aromatic rings. The maximum absolute atomic E-state index is 13.0. The highest BCUT2D eigenvalue weighted by Crippen LogP contribution is 2.27. The van der Waals surface area contributed by atoms with Crippen LogP contribution < -0.4 is 5.32 Å². The van der Waals surface area contributed by atoms with E-state index in [2.05, 4.69) is 22.2 Å². The summed E-state index contributed by atoms with van der Waals surface area (Å²) in [5.74, 6) is -0.229. The molecule has 2 aliphatic rings. The van der Waals surface area contributed by atoms with Crippen molar-refractivity contribution in [2.75, 3.05) is 45.1 Å². The van der Waals surface area contributed by atoms with Gasteiger partial charge in [0.15, 0.2) is 5.13 Å². The molecule has 0 radical (unpaired) electrons. The lowest BCUT2D eigenvalue weighted by molar-refractivity contribution is -0.120. The van der Waals surface area contributed by atoms with Gasteiger partial charge in [0.1, 0.15) is 12.6 Å². The Labute approximate surface area is 226 Å². The minimum atomic E-state index is -0.592. The number of carbonyl (C=O) groups is 3. The first-order chi connectivity index (χ1) is 18.5. The third-order valence-electron chi connectivity index (χ3n) is 6.95. The third kappa shape index (κ3) is 6.03. The van der Waals surface area contributed by atoms with Gasteiger partial charge in [-0.05, 0) is 37.6 Å². The number of nitrogens with one attached hydrogen (secondary N) is 1. The van der Waals surface area contributed by atoms with Crippen molar-refractivity contribution in [3.05, 3.63) is 71.1 Å². The van der Waals surface area contributed by atoms with E-state index in [1.54, 1.807) is 0 Å². The molecule has 38 heavy (non-hydrogen) atoms. The van der Waals surface area contributed by atoms with Crippen molar-refractivity contribution in [3.63, 3.8) is 0 Å². The molecule has 3 heterocycles. The molecule has 1 unspecified atom stereocenters. The van der Waals surface area contributed by atoms with Crippen LogP contribution in [0.3, 0.4) is 0 Å². The van der Waals surface area contributed by atoms with Crippen LogP contribution in [-0.2, 0) is 16.1 Å². The van der Waals surface area contributed by atoms with Gasteiger partial charge in [-0.3, -0.25) is 14.5 Å². The number of nitrogens with zero attached hydrogens (tertiary/aromatic N) is 4. The van der Waals surface area contributed by atoms with Gasteiger partial charge in [-0.2, -0.15) is 0 Å². The van der Waals surface area contributed by atoms with Gasteiger partial charge in [-0.25, -0.2) is 9.78 Å². The van der Waals surface area contributed by atoms with Crippen molar-refractivity contribution < 1.29 is 19.1 Å². The van der Waals surface area contributed by atoms with Gasteiger partial charge in [0.2, 0.25) is 5.91 Å². The minimum Gasteiger partial charge on any atom is -0.445 e. The molecule has 2 aliphatic heterocycles. The smallest absolute Gasteiger partial charge is 0.410 e. The minimum absolute atomic E-state index is 0.0410. The molecule has 2 fully saturated rings. The molecule has 0 spiro atoms. The van der Waals surface area contributed by atoms with Crippen molar-refractivity contribution in [1.82, 2.24) is 19.7 Å². The van der Waals surface area contributed by atoms with Crippen molar-refractivity contribution in [1.29, 1.82) is 0 Å². The average molecular weight is 534 g/mol. The van der Waals surface area contributed by atoms with Crippen LogP contribution in [0, 0.1) is 0 Å². The molecule has 0 saturated carbocycles. The lowest BCUT2D eigenvalue weighted by Gasteiger charge is -2.32. The normalized spacial score (nSPS) is 17.9. The van der Waals surface area contributed by atoms with E-state index >= 15 is 0 Å². The van der Waals surface area contributed by atoms with E-state index in [-0.39, 0.29) is 18.4 Å². The summed E-state index contributed by atoms with van der Waals surface area (Å²) in [4.78, 5) is 48.6. The Morgan fingerprint density at radius 2 is 1.74 bits per heavy atom. The Morgan fingerprint density at radius 3 is 2.47 bits per heavy atom. The molecule has 2 saturated heterocycles. The molecule has 1 N–H and O–H groups in total. The van der Waals surface area contributed by atoms with Crippen molar-refractivity contribution in [2.24, 2.45) is 0 Å². The Hall–Kier alpha value is -3.76. The van der Waals surface area contributed by atoms with Gasteiger partial charge >= 0.3 is 6.09 Å². The Kier molecular flexibility index (Phi) is 8.00. The van der Waals surface area contributed by atoms with Crippen molar-refractivity contribution >= 4 is 34.4 Å². The average Bonchev–Trinajstić information content (AvgIpc) is 3.63. The summed E-state index contributed by atoms with van der Waals surface area (Å²) in [6.45, 7) is 3.87. The number of carbonyl (C=O) groups excluding carboxylic acids is 3. The first-order valence-electron chi connectivity index (χ1n) is 12.8. The van der Waals surface area contributed by atoms with Gasteiger partial charge in [-0.15, -0.1) is 11.3 Å². The molecule has 0 aliphatic carbocycles. The van der Waals surface area contributed by atoms with Crippen molar-refractivity contribution in [2.45, 2.75) is 25.5 Å². The number of benzene rings is 2. The largest absolute Gasteiger partial charge is 0.445 e. The zero-order valence-electron chi connectivity index (χ0n) is 21.3. The van der Waals surface area contributed by atoms with Crippen LogP contribution in [0.2, 0.25) is 0 Å². The number of thiazole rings is 1. The summed E-state index contributed by atoms with van der Waals surface area (Å²) in [6.07, 6.45) is 0.825. The van der Waals surface area contributed by atoms with Crippen LogP contribution in [0.15, 0.2) is 60.0 Å². The van der Waals surface area contributed by atoms with E-state index < -0.39 is 12.1 Å². The van der Waals surface area contributed by atoms with Gasteiger partial charge < -0.3 is 19.9 Å². The number of hydrogen-bond acceptors (Lipinski definition) is 7. The van der Waals surface area contributed by atoms with Gasteiger partial charge in [0, 0.05) is 49.2 Å². The molecule has 1 aromatic heterocycles. The van der Waals surface area contributed by atoms with Gasteiger partial charge in [0.05, 0.1) is 5.69 Å². The number of anilines is 1. The molecule has 1 atom stereocenters. The lowest BCUT2D eigenvalue weighted by Crippen LogP contribution is -2.47. The van der Waals surface area contributed by atoms with Crippen LogP contribution >= 0.6 is 11.3 Å². The number of likely N-dealkylation sites (N-methyl/N-ethyl adjacent to an activating group) is 1. The highest BCUT2D eigenvalue weighted by molar-refractivity contribution is 7.14. The molecule has 9 nitrogen and oxygen atoms in total. The third-order valence-corrected chi connectivity index (χ3v) is 7.71. The van der Waals surface area contributed by atoms with Gasteiger partial charge in [0.25, 0.3) is 5.91 Å². The number of aromatic nitrogens is 1. The molecule has 10 heteroatoms. The van der Waals surface area contributed by atoms with Crippen LogP contribution in [0.25, 0.3) is 11.3 Å². The fourth-order valence-corrected chi connectivity index (χ4v) is 5.41. The van der Waals surface area contributed by atoms with E-state index in [4.69, 9.17) is 4.74 Å². The van der Waals surface area contributed by atoms with Crippen LogP contribution in [-0.4, -0.2) is 83.4 Å². The number of hydrogen-bond donors (Lipinski definition) is 1.